The summed E-state index contributed by atoms with van der Waals surface area (Å²) in [6.07, 6.45) is 2.15. The number of fused-ring (bicyclic) bond motifs is 6. The second-order valence-corrected chi connectivity index (χ2v) is 8.12. The first kappa shape index (κ1) is 19.5. The van der Waals surface area contributed by atoms with Crippen LogP contribution >= 0.6 is 46.4 Å². The second-order valence-electron chi connectivity index (χ2n) is 6.49. The fourth-order valence-corrected chi connectivity index (χ4v) is 4.41. The van der Waals surface area contributed by atoms with Gasteiger partial charge in [0.25, 0.3) is 5.82 Å². The van der Waals surface area contributed by atoms with Crippen molar-refractivity contribution >= 4 is 74.9 Å². The van der Waals surface area contributed by atoms with Crippen LogP contribution in [0.5, 0.6) is 0 Å². The normalized spacial score (nSPS) is 14.7. The van der Waals surface area contributed by atoms with E-state index >= 15 is 0 Å². The van der Waals surface area contributed by atoms with Crippen molar-refractivity contribution in [1.29, 1.82) is 0 Å². The Kier molecular flexibility index (Phi) is 4.75. The number of hydrogen-bond acceptors (Lipinski definition) is 2. The lowest BCUT2D eigenvalue weighted by atomic mass is 10.2. The lowest BCUT2D eigenvalue weighted by Crippen LogP contribution is -3.00. The highest BCUT2D eigenvalue weighted by atomic mass is 127. The number of benzene rings is 2. The molecule has 1 aromatic heterocycles. The minimum atomic E-state index is 0. The van der Waals surface area contributed by atoms with Crippen LogP contribution < -0.4 is 38.3 Å². The molecule has 2 aromatic carbocycles. The second kappa shape index (κ2) is 6.59. The average Bonchev–Trinajstić information content (AvgIpc) is 3.01. The first-order valence-electron chi connectivity index (χ1n) is 7.96. The third kappa shape index (κ3) is 2.66. The quantitative estimate of drug-likeness (QED) is 0.314. The van der Waals surface area contributed by atoms with E-state index in [2.05, 4.69) is 25.0 Å². The average molecular weight is 554 g/mol. The van der Waals surface area contributed by atoms with Gasteiger partial charge in [-0.1, -0.05) is 46.4 Å². The van der Waals surface area contributed by atoms with Crippen LogP contribution in [-0.2, 0) is 13.7 Å². The number of aromatic nitrogens is 2. The van der Waals surface area contributed by atoms with Gasteiger partial charge < -0.3 is 28.9 Å². The number of imidazole rings is 1. The van der Waals surface area contributed by atoms with Crippen molar-refractivity contribution in [1.82, 2.24) is 4.57 Å². The van der Waals surface area contributed by atoms with Crippen LogP contribution in [0.25, 0.3) is 17.1 Å². The molecule has 0 amide bonds. The van der Waals surface area contributed by atoms with Gasteiger partial charge in [0.1, 0.15) is 5.82 Å². The molecule has 0 unspecified atom stereocenters. The van der Waals surface area contributed by atoms with Gasteiger partial charge in [-0.05, 0) is 12.1 Å². The summed E-state index contributed by atoms with van der Waals surface area (Å²) in [5, 5.41) is 2.19. The SMILES string of the molecule is CN1C2=Cc3n(c4cc(Cl)c(Cl)cc4[n+]3C)CN2c2cc(Cl)c(Cl)cc21.[I-]. The molecule has 4 nitrogen and oxygen atoms in total. The Hall–Kier alpha value is -0.860. The molecule has 0 bridgehead atoms. The Morgan fingerprint density at radius 2 is 1.48 bits per heavy atom. The van der Waals surface area contributed by atoms with Gasteiger partial charge in [0, 0.05) is 19.2 Å². The highest BCUT2D eigenvalue weighted by Gasteiger charge is 2.38. The minimum Gasteiger partial charge on any atom is -1.00 e. The summed E-state index contributed by atoms with van der Waals surface area (Å²) in [7, 11) is 4.06. The van der Waals surface area contributed by atoms with Gasteiger partial charge in [-0.15, -0.1) is 0 Å². The number of anilines is 2. The summed E-state index contributed by atoms with van der Waals surface area (Å²) in [6.45, 7) is 0.645. The molecule has 2 aliphatic heterocycles. The molecule has 0 fully saturated rings. The third-order valence-electron chi connectivity index (χ3n) is 5.12. The number of nitrogens with zero attached hydrogens (tertiary/aromatic N) is 4. The number of rotatable bonds is 0. The van der Waals surface area contributed by atoms with E-state index in [4.69, 9.17) is 46.4 Å². The van der Waals surface area contributed by atoms with Crippen LogP contribution in [0.2, 0.25) is 20.1 Å². The van der Waals surface area contributed by atoms with Crippen molar-refractivity contribution in [2.24, 2.45) is 7.05 Å². The predicted octanol–water partition coefficient (Wildman–Crippen LogP) is 2.31. The highest BCUT2D eigenvalue weighted by Crippen LogP contribution is 2.47. The Balaban J connectivity index is 0.00000180. The molecule has 5 rings (SSSR count). The van der Waals surface area contributed by atoms with E-state index in [9.17, 15) is 0 Å². The van der Waals surface area contributed by atoms with Gasteiger partial charge >= 0.3 is 0 Å². The summed E-state index contributed by atoms with van der Waals surface area (Å²) in [5.74, 6) is 2.14. The summed E-state index contributed by atoms with van der Waals surface area (Å²) in [6, 6.07) is 7.64. The Labute approximate surface area is 193 Å². The van der Waals surface area contributed by atoms with Crippen LogP contribution in [0.3, 0.4) is 0 Å². The van der Waals surface area contributed by atoms with Crippen molar-refractivity contribution in [3.8, 4) is 0 Å². The van der Waals surface area contributed by atoms with Crippen LogP contribution in [0.4, 0.5) is 11.4 Å². The van der Waals surface area contributed by atoms with Gasteiger partial charge in [-0.2, -0.15) is 0 Å². The van der Waals surface area contributed by atoms with E-state index in [-0.39, 0.29) is 24.0 Å². The maximum Gasteiger partial charge on any atom is 0.287 e. The van der Waals surface area contributed by atoms with Crippen molar-refractivity contribution < 1.29 is 28.5 Å². The Morgan fingerprint density at radius 3 is 2.19 bits per heavy atom. The van der Waals surface area contributed by atoms with Gasteiger partial charge in [0.15, 0.2) is 17.7 Å². The maximum absolute atomic E-state index is 6.27. The van der Waals surface area contributed by atoms with Crippen molar-refractivity contribution in [3.05, 3.63) is 56.0 Å². The molecule has 0 N–H and O–H groups in total. The standard InChI is InChI=1S/C18H13Cl4N4.HI/c1-23-13-3-9(19)11(21)5-15(13)25-8-26-16-6-12(22)10(20)4-14(16)24(2)18(26)7-17(23)25;/h3-7H,8H2,1-2H3;1H/q+1;/p-1. The largest absolute Gasteiger partial charge is 1.00 e. The van der Waals surface area contributed by atoms with E-state index in [1.807, 2.05) is 38.4 Å². The van der Waals surface area contributed by atoms with E-state index in [0.717, 1.165) is 34.1 Å². The fourth-order valence-electron chi connectivity index (χ4n) is 3.78. The fraction of sp³-hybridized carbons (Fsp3) is 0.167. The number of aryl methyl sites for hydroxylation is 1. The molecule has 3 heterocycles. The summed E-state index contributed by atoms with van der Waals surface area (Å²) >= 11 is 25.0. The molecule has 0 atom stereocenters. The molecule has 0 radical (unpaired) electrons. The van der Waals surface area contributed by atoms with Crippen molar-refractivity contribution in [3.63, 3.8) is 0 Å². The van der Waals surface area contributed by atoms with E-state index in [0.29, 0.717) is 26.8 Å². The number of hydrogen-bond donors (Lipinski definition) is 0. The zero-order chi connectivity index (χ0) is 18.3. The number of halogens is 5. The lowest BCUT2D eigenvalue weighted by molar-refractivity contribution is -0.647. The molecule has 140 valence electrons. The van der Waals surface area contributed by atoms with Crippen LogP contribution in [0.15, 0.2) is 30.1 Å². The van der Waals surface area contributed by atoms with Gasteiger partial charge in [-0.3, -0.25) is 4.90 Å². The molecule has 27 heavy (non-hydrogen) atoms. The highest BCUT2D eigenvalue weighted by molar-refractivity contribution is 6.43. The lowest BCUT2D eigenvalue weighted by Gasteiger charge is -2.24. The van der Waals surface area contributed by atoms with Gasteiger partial charge in [0.05, 0.1) is 44.6 Å². The van der Waals surface area contributed by atoms with E-state index in [1.165, 1.54) is 0 Å². The van der Waals surface area contributed by atoms with Crippen LogP contribution in [-0.4, -0.2) is 11.6 Å². The minimum absolute atomic E-state index is 0. The van der Waals surface area contributed by atoms with Crippen LogP contribution in [0.1, 0.15) is 5.82 Å². The first-order chi connectivity index (χ1) is 12.4. The molecule has 0 saturated heterocycles. The Morgan fingerprint density at radius 1 is 0.889 bits per heavy atom. The summed E-state index contributed by atoms with van der Waals surface area (Å²) in [4.78, 5) is 4.34. The zero-order valence-corrected chi connectivity index (χ0v) is 19.5. The molecular weight excluding hydrogens is 541 g/mol. The molecule has 0 aliphatic carbocycles. The first-order valence-corrected chi connectivity index (χ1v) is 9.47. The van der Waals surface area contributed by atoms with E-state index in [1.54, 1.807) is 0 Å². The predicted molar refractivity (Wildman–Crippen MR) is 108 cm³/mol. The topological polar surface area (TPSA) is 15.3 Å². The maximum atomic E-state index is 6.27. The van der Waals surface area contributed by atoms with E-state index < -0.39 is 0 Å². The molecular formula is C18H13Cl4IN4. The molecule has 0 saturated carbocycles. The monoisotopic (exact) mass is 552 g/mol. The van der Waals surface area contributed by atoms with Crippen molar-refractivity contribution in [2.45, 2.75) is 6.67 Å². The smallest absolute Gasteiger partial charge is 0.287 e. The Bertz CT molecular complexity index is 1150. The van der Waals surface area contributed by atoms with Gasteiger partial charge in [-0.25, -0.2) is 9.13 Å². The summed E-state index contributed by atoms with van der Waals surface area (Å²) < 4.78 is 4.34. The molecule has 9 heteroatoms. The molecule has 3 aromatic rings. The van der Waals surface area contributed by atoms with Crippen molar-refractivity contribution in [2.75, 3.05) is 16.8 Å². The van der Waals surface area contributed by atoms with Crippen LogP contribution in [0, 0.1) is 0 Å². The summed E-state index contributed by atoms with van der Waals surface area (Å²) in [5.41, 5.74) is 4.13. The zero-order valence-electron chi connectivity index (χ0n) is 14.3. The third-order valence-corrected chi connectivity index (χ3v) is 6.56. The molecule has 0 spiro atoms. The molecule has 2 aliphatic rings. The van der Waals surface area contributed by atoms with Gasteiger partial charge in [0.2, 0.25) is 0 Å².